The average molecular weight is 413 g/mol. The molecule has 0 aromatic heterocycles. The fraction of sp³-hybridized carbons (Fsp3) is 0.150. The van der Waals surface area contributed by atoms with Crippen LogP contribution in [0.5, 0.6) is 0 Å². The maximum Gasteiger partial charge on any atom is 0.269 e. The first-order valence-corrected chi connectivity index (χ1v) is 10.2. The third-order valence-corrected chi connectivity index (χ3v) is 6.15. The van der Waals surface area contributed by atoms with E-state index in [1.165, 1.54) is 24.3 Å². The van der Waals surface area contributed by atoms with Gasteiger partial charge in [0.15, 0.2) is 0 Å². The Labute approximate surface area is 168 Å². The Balaban J connectivity index is 1.68. The topological polar surface area (TPSA) is 113 Å². The molecular formula is C20H19N3O5S. The highest BCUT2D eigenvalue weighted by molar-refractivity contribution is 7.90. The molecule has 0 aliphatic carbocycles. The molecule has 0 spiro atoms. The van der Waals surface area contributed by atoms with Crippen molar-refractivity contribution >= 4 is 33.4 Å². The first kappa shape index (κ1) is 20.3. The Morgan fingerprint density at radius 1 is 1.07 bits per heavy atom. The Kier molecular flexibility index (Phi) is 5.79. The number of rotatable bonds is 7. The highest BCUT2D eigenvalue weighted by Gasteiger charge is 2.40. The smallest absolute Gasteiger partial charge is 0.269 e. The zero-order chi connectivity index (χ0) is 21.0. The quantitative estimate of drug-likeness (QED) is 0.672. The minimum Gasteiger partial charge on any atom is -0.349 e. The van der Waals surface area contributed by atoms with Crippen molar-refractivity contribution in [2.24, 2.45) is 0 Å². The van der Waals surface area contributed by atoms with Gasteiger partial charge in [0.2, 0.25) is 5.91 Å². The summed E-state index contributed by atoms with van der Waals surface area (Å²) in [7, 11) is -3.97. The van der Waals surface area contributed by atoms with Gasteiger partial charge in [-0.15, -0.1) is 6.58 Å². The van der Waals surface area contributed by atoms with Gasteiger partial charge in [0.1, 0.15) is 4.90 Å². The van der Waals surface area contributed by atoms with Crippen molar-refractivity contribution in [1.29, 1.82) is 0 Å². The summed E-state index contributed by atoms with van der Waals surface area (Å²) in [6.07, 6.45) is 1.28. The summed E-state index contributed by atoms with van der Waals surface area (Å²) < 4.78 is 25.7. The Hall–Kier alpha value is -3.46. The lowest BCUT2D eigenvalue weighted by Crippen LogP contribution is -2.33. The van der Waals surface area contributed by atoms with Crippen molar-refractivity contribution in [1.82, 2.24) is 9.62 Å². The van der Waals surface area contributed by atoms with Gasteiger partial charge in [-0.1, -0.05) is 30.3 Å². The largest absolute Gasteiger partial charge is 0.349 e. The molecule has 3 rings (SSSR count). The third-order valence-electron chi connectivity index (χ3n) is 4.31. The van der Waals surface area contributed by atoms with Gasteiger partial charge in [-0.25, -0.2) is 12.7 Å². The molecule has 150 valence electrons. The van der Waals surface area contributed by atoms with E-state index in [4.69, 9.17) is 0 Å². The lowest BCUT2D eigenvalue weighted by molar-refractivity contribution is -0.116. The number of fused-ring (bicyclic) bond motifs is 1. The summed E-state index contributed by atoms with van der Waals surface area (Å²) in [5, 5.41) is 5.22. The van der Waals surface area contributed by atoms with Crippen molar-refractivity contribution in [2.75, 3.05) is 18.4 Å². The highest BCUT2D eigenvalue weighted by atomic mass is 32.2. The fourth-order valence-electron chi connectivity index (χ4n) is 2.92. The molecule has 9 heteroatoms. The molecule has 0 atom stereocenters. The summed E-state index contributed by atoms with van der Waals surface area (Å²) in [6, 6.07) is 12.3. The number of anilines is 1. The van der Waals surface area contributed by atoms with E-state index in [0.29, 0.717) is 4.31 Å². The van der Waals surface area contributed by atoms with Gasteiger partial charge in [0.25, 0.3) is 21.8 Å². The molecular weight excluding hydrogens is 394 g/mol. The van der Waals surface area contributed by atoms with Crippen molar-refractivity contribution in [2.45, 2.75) is 11.3 Å². The molecule has 2 N–H and O–H groups in total. The molecule has 0 saturated heterocycles. The van der Waals surface area contributed by atoms with E-state index in [0.717, 1.165) is 0 Å². The van der Waals surface area contributed by atoms with Crippen LogP contribution in [-0.2, 0) is 14.8 Å². The van der Waals surface area contributed by atoms with Crippen LogP contribution in [-0.4, -0.2) is 43.5 Å². The maximum atomic E-state index is 12.5. The monoisotopic (exact) mass is 413 g/mol. The third kappa shape index (κ3) is 4.04. The SMILES string of the molecule is C=CCNC(=O)c1ccccc1NC(=O)CCN1C(=O)c2ccccc2S1(=O)=O. The van der Waals surface area contributed by atoms with Gasteiger partial charge in [0, 0.05) is 19.5 Å². The van der Waals surface area contributed by atoms with Gasteiger partial charge in [-0.2, -0.15) is 0 Å². The van der Waals surface area contributed by atoms with Crippen molar-refractivity contribution < 1.29 is 22.8 Å². The van der Waals surface area contributed by atoms with Crippen molar-refractivity contribution in [3.63, 3.8) is 0 Å². The maximum absolute atomic E-state index is 12.5. The van der Waals surface area contributed by atoms with Crippen LogP contribution in [0.1, 0.15) is 27.1 Å². The minimum absolute atomic E-state index is 0.0605. The standard InChI is InChI=1S/C20H19N3O5S/c1-2-12-21-19(25)14-7-3-5-9-16(14)22-18(24)11-13-23-20(26)15-8-4-6-10-17(15)29(23,27)28/h2-10H,1,11-13H2,(H,21,25)(H,22,24). The van der Waals surface area contributed by atoms with E-state index in [1.807, 2.05) is 0 Å². The number of hydrogen-bond acceptors (Lipinski definition) is 5. The number of carbonyl (C=O) groups excluding carboxylic acids is 3. The molecule has 0 saturated carbocycles. The van der Waals surface area contributed by atoms with Crippen LogP contribution in [0, 0.1) is 0 Å². The van der Waals surface area contributed by atoms with Gasteiger partial charge in [-0.05, 0) is 24.3 Å². The van der Waals surface area contributed by atoms with Crippen LogP contribution in [0.25, 0.3) is 0 Å². The van der Waals surface area contributed by atoms with Crippen LogP contribution in [0.4, 0.5) is 5.69 Å². The van der Waals surface area contributed by atoms with Gasteiger partial charge < -0.3 is 10.6 Å². The molecule has 1 aliphatic rings. The van der Waals surface area contributed by atoms with Crippen LogP contribution < -0.4 is 10.6 Å². The molecule has 2 aromatic carbocycles. The zero-order valence-corrected chi connectivity index (χ0v) is 16.2. The van der Waals surface area contributed by atoms with E-state index >= 15 is 0 Å². The first-order chi connectivity index (χ1) is 13.9. The van der Waals surface area contributed by atoms with E-state index in [9.17, 15) is 22.8 Å². The summed E-state index contributed by atoms with van der Waals surface area (Å²) in [5.41, 5.74) is 0.648. The number of amides is 3. The number of benzene rings is 2. The van der Waals surface area contributed by atoms with E-state index < -0.39 is 21.8 Å². The molecule has 3 amide bonds. The predicted octanol–water partition coefficient (Wildman–Crippen LogP) is 1.78. The molecule has 2 aromatic rings. The summed E-state index contributed by atoms with van der Waals surface area (Å²) >= 11 is 0. The Morgan fingerprint density at radius 3 is 2.48 bits per heavy atom. The van der Waals surface area contributed by atoms with E-state index in [-0.39, 0.29) is 47.1 Å². The molecule has 1 aliphatic heterocycles. The number of carbonyl (C=O) groups is 3. The van der Waals surface area contributed by atoms with Crippen LogP contribution in [0.2, 0.25) is 0 Å². The first-order valence-electron chi connectivity index (χ1n) is 8.80. The Bertz CT molecular complexity index is 1090. The average Bonchev–Trinajstić information content (AvgIpc) is 2.91. The van der Waals surface area contributed by atoms with Crippen molar-refractivity contribution in [3.8, 4) is 0 Å². The molecule has 0 fully saturated rings. The predicted molar refractivity (Wildman–Crippen MR) is 107 cm³/mol. The summed E-state index contributed by atoms with van der Waals surface area (Å²) in [5.74, 6) is -1.56. The zero-order valence-electron chi connectivity index (χ0n) is 15.4. The molecule has 0 bridgehead atoms. The number of para-hydroxylation sites is 1. The lowest BCUT2D eigenvalue weighted by atomic mass is 10.1. The van der Waals surface area contributed by atoms with Gasteiger partial charge in [0.05, 0.1) is 16.8 Å². The number of hydrogen-bond donors (Lipinski definition) is 2. The lowest BCUT2D eigenvalue weighted by Gasteiger charge is -2.15. The van der Waals surface area contributed by atoms with Crippen molar-refractivity contribution in [3.05, 3.63) is 72.3 Å². The summed E-state index contributed by atoms with van der Waals surface area (Å²) in [6.45, 7) is 3.50. The van der Waals surface area contributed by atoms with E-state index in [2.05, 4.69) is 17.2 Å². The minimum atomic E-state index is -3.97. The van der Waals surface area contributed by atoms with Crippen LogP contribution in [0.3, 0.4) is 0 Å². The number of nitrogens with zero attached hydrogens (tertiary/aromatic N) is 1. The summed E-state index contributed by atoms with van der Waals surface area (Å²) in [4.78, 5) is 36.9. The van der Waals surface area contributed by atoms with Gasteiger partial charge >= 0.3 is 0 Å². The number of nitrogens with one attached hydrogen (secondary N) is 2. The molecule has 0 unspecified atom stereocenters. The Morgan fingerprint density at radius 2 is 1.76 bits per heavy atom. The van der Waals surface area contributed by atoms with Crippen LogP contribution in [0.15, 0.2) is 66.1 Å². The van der Waals surface area contributed by atoms with Crippen LogP contribution >= 0.6 is 0 Å². The number of sulfonamides is 1. The molecule has 29 heavy (non-hydrogen) atoms. The molecule has 0 radical (unpaired) electrons. The second kappa shape index (κ2) is 8.27. The van der Waals surface area contributed by atoms with Gasteiger partial charge in [-0.3, -0.25) is 14.4 Å². The second-order valence-corrected chi connectivity index (χ2v) is 8.05. The highest BCUT2D eigenvalue weighted by Crippen LogP contribution is 2.29. The normalized spacial score (nSPS) is 14.2. The van der Waals surface area contributed by atoms with E-state index in [1.54, 1.807) is 30.3 Å². The second-order valence-electron chi connectivity index (χ2n) is 6.22. The molecule has 1 heterocycles. The molecule has 8 nitrogen and oxygen atoms in total. The fourth-order valence-corrected chi connectivity index (χ4v) is 4.49.